The zero-order valence-corrected chi connectivity index (χ0v) is 13.4. The number of fused-ring (bicyclic) bond motifs is 1. The fraction of sp³-hybridized carbons (Fsp3) is 0.125. The number of H-pyrrole nitrogens is 1. The molecule has 2 N–H and O–H groups in total. The monoisotopic (exact) mass is 341 g/mol. The molecule has 1 aromatic carbocycles. The molecule has 0 aliphatic rings. The number of nitriles is 1. The number of aromatic amines is 1. The highest BCUT2D eigenvalue weighted by Crippen LogP contribution is 2.17. The Hall–Kier alpha value is -3.11. The highest BCUT2D eigenvalue weighted by Gasteiger charge is 2.09. The summed E-state index contributed by atoms with van der Waals surface area (Å²) in [5.74, 6) is 0.0714. The van der Waals surface area contributed by atoms with E-state index < -0.39 is 5.56 Å². The van der Waals surface area contributed by atoms with Crippen LogP contribution in [0, 0.1) is 11.3 Å². The number of rotatable bonds is 3. The van der Waals surface area contributed by atoms with Gasteiger partial charge in [0.15, 0.2) is 5.82 Å². The largest absolute Gasteiger partial charge is 0.361 e. The van der Waals surface area contributed by atoms with Gasteiger partial charge in [-0.05, 0) is 24.3 Å². The number of nitrogens with zero attached hydrogens (tertiary/aromatic N) is 3. The van der Waals surface area contributed by atoms with Crippen LogP contribution in [0.3, 0.4) is 0 Å². The van der Waals surface area contributed by atoms with Crippen molar-refractivity contribution in [2.45, 2.75) is 6.54 Å². The summed E-state index contributed by atoms with van der Waals surface area (Å²) in [7, 11) is 1.48. The van der Waals surface area contributed by atoms with Gasteiger partial charge >= 0.3 is 0 Å². The van der Waals surface area contributed by atoms with Gasteiger partial charge in [0.05, 0.1) is 6.20 Å². The summed E-state index contributed by atoms with van der Waals surface area (Å²) in [5, 5.41) is 13.1. The van der Waals surface area contributed by atoms with E-state index in [9.17, 15) is 9.59 Å². The quantitative estimate of drug-likeness (QED) is 0.755. The minimum atomic E-state index is -0.436. The van der Waals surface area contributed by atoms with Crippen molar-refractivity contribution in [3.8, 4) is 6.07 Å². The van der Waals surface area contributed by atoms with Gasteiger partial charge in [-0.2, -0.15) is 5.26 Å². The van der Waals surface area contributed by atoms with Crippen molar-refractivity contribution in [1.29, 1.82) is 5.26 Å². The maximum atomic E-state index is 12.1. The highest BCUT2D eigenvalue weighted by molar-refractivity contribution is 6.31. The minimum absolute atomic E-state index is 0.0714. The van der Waals surface area contributed by atoms with Crippen molar-refractivity contribution < 1.29 is 0 Å². The number of benzene rings is 1. The molecule has 2 heterocycles. The number of nitrogens with one attached hydrogen (secondary N) is 2. The molecule has 0 amide bonds. The van der Waals surface area contributed by atoms with Crippen LogP contribution in [0.15, 0.2) is 40.1 Å². The lowest BCUT2D eigenvalue weighted by molar-refractivity contribution is 0.821. The molecular weight excluding hydrogens is 330 g/mol. The molecule has 0 saturated carbocycles. The van der Waals surface area contributed by atoms with Crippen LogP contribution in [0.25, 0.3) is 10.9 Å². The van der Waals surface area contributed by atoms with Gasteiger partial charge in [0.1, 0.15) is 11.8 Å². The molecule has 8 heteroatoms. The first-order valence-corrected chi connectivity index (χ1v) is 7.39. The predicted octanol–water partition coefficient (Wildman–Crippen LogP) is 1.76. The Kier molecular flexibility index (Phi) is 4.06. The van der Waals surface area contributed by atoms with Crippen molar-refractivity contribution in [3.63, 3.8) is 0 Å². The fourth-order valence-electron chi connectivity index (χ4n) is 2.29. The summed E-state index contributed by atoms with van der Waals surface area (Å²) in [6.07, 6.45) is 1.30. The van der Waals surface area contributed by atoms with Crippen LogP contribution in [0.2, 0.25) is 5.02 Å². The molecule has 0 unspecified atom stereocenters. The molecule has 120 valence electrons. The summed E-state index contributed by atoms with van der Waals surface area (Å²) in [4.78, 5) is 30.9. The van der Waals surface area contributed by atoms with E-state index in [4.69, 9.17) is 16.9 Å². The summed E-state index contributed by atoms with van der Waals surface area (Å²) >= 11 is 5.96. The Labute approximate surface area is 141 Å². The molecule has 3 rings (SSSR count). The van der Waals surface area contributed by atoms with Crippen LogP contribution in [-0.4, -0.2) is 14.5 Å². The first-order valence-electron chi connectivity index (χ1n) is 7.01. The number of hydrogen-bond donors (Lipinski definition) is 2. The second-order valence-electron chi connectivity index (χ2n) is 5.18. The van der Waals surface area contributed by atoms with Crippen LogP contribution < -0.4 is 16.4 Å². The number of aromatic nitrogens is 3. The van der Waals surface area contributed by atoms with E-state index in [1.54, 1.807) is 24.3 Å². The molecule has 0 atom stereocenters. The molecule has 0 aliphatic carbocycles. The lowest BCUT2D eigenvalue weighted by Crippen LogP contribution is -2.25. The Morgan fingerprint density at radius 2 is 2.17 bits per heavy atom. The molecule has 3 aromatic rings. The number of halogens is 1. The Morgan fingerprint density at radius 3 is 2.92 bits per heavy atom. The van der Waals surface area contributed by atoms with E-state index in [0.717, 1.165) is 5.39 Å². The smallest absolute Gasteiger partial charge is 0.294 e. The highest BCUT2D eigenvalue weighted by atomic mass is 35.5. The SMILES string of the molecule is Cn1c(C#N)cnc(NCc2cc3cc(Cl)ccc3[nH]c2=O)c1=O. The van der Waals surface area contributed by atoms with Gasteiger partial charge in [0.25, 0.3) is 11.1 Å². The van der Waals surface area contributed by atoms with Crippen molar-refractivity contribution in [3.05, 3.63) is 67.4 Å². The van der Waals surface area contributed by atoms with E-state index in [0.29, 0.717) is 16.1 Å². The Balaban J connectivity index is 1.93. The van der Waals surface area contributed by atoms with Crippen LogP contribution in [0.1, 0.15) is 11.3 Å². The first kappa shape index (κ1) is 15.8. The lowest BCUT2D eigenvalue weighted by atomic mass is 10.1. The number of pyridine rings is 1. The van der Waals surface area contributed by atoms with Gasteiger partial charge in [-0.3, -0.25) is 14.2 Å². The van der Waals surface area contributed by atoms with Crippen molar-refractivity contribution in [1.82, 2.24) is 14.5 Å². The zero-order valence-electron chi connectivity index (χ0n) is 12.6. The molecule has 0 radical (unpaired) electrons. The molecule has 0 aliphatic heterocycles. The van der Waals surface area contributed by atoms with E-state index in [2.05, 4.69) is 15.3 Å². The Morgan fingerprint density at radius 1 is 1.38 bits per heavy atom. The van der Waals surface area contributed by atoms with Gasteiger partial charge in [-0.25, -0.2) is 4.98 Å². The number of anilines is 1. The van der Waals surface area contributed by atoms with Gasteiger partial charge in [0, 0.05) is 35.1 Å². The predicted molar refractivity (Wildman–Crippen MR) is 91.1 cm³/mol. The van der Waals surface area contributed by atoms with Crippen molar-refractivity contribution in [2.24, 2.45) is 7.05 Å². The zero-order chi connectivity index (χ0) is 17.3. The second kappa shape index (κ2) is 6.18. The maximum Gasteiger partial charge on any atom is 0.294 e. The average molecular weight is 342 g/mol. The molecule has 24 heavy (non-hydrogen) atoms. The average Bonchev–Trinajstić information content (AvgIpc) is 2.57. The van der Waals surface area contributed by atoms with Crippen LogP contribution in [-0.2, 0) is 13.6 Å². The van der Waals surface area contributed by atoms with Gasteiger partial charge < -0.3 is 10.3 Å². The summed E-state index contributed by atoms with van der Waals surface area (Å²) in [6, 6.07) is 8.76. The first-order chi connectivity index (χ1) is 11.5. The van der Waals surface area contributed by atoms with Crippen molar-refractivity contribution in [2.75, 3.05) is 5.32 Å². The van der Waals surface area contributed by atoms with E-state index in [1.807, 2.05) is 6.07 Å². The second-order valence-corrected chi connectivity index (χ2v) is 5.61. The van der Waals surface area contributed by atoms with Gasteiger partial charge in [-0.1, -0.05) is 11.6 Å². The molecule has 0 saturated heterocycles. The summed E-state index contributed by atoms with van der Waals surface area (Å²) < 4.78 is 1.19. The molecular formula is C16H12ClN5O2. The molecule has 0 fully saturated rings. The third-order valence-corrected chi connectivity index (χ3v) is 3.86. The molecule has 2 aromatic heterocycles. The van der Waals surface area contributed by atoms with Crippen LogP contribution in [0.4, 0.5) is 5.82 Å². The van der Waals surface area contributed by atoms with E-state index >= 15 is 0 Å². The van der Waals surface area contributed by atoms with Gasteiger partial charge in [-0.15, -0.1) is 0 Å². The van der Waals surface area contributed by atoms with Crippen molar-refractivity contribution >= 4 is 28.3 Å². The summed E-state index contributed by atoms with van der Waals surface area (Å²) in [5.41, 5.74) is 0.583. The fourth-order valence-corrected chi connectivity index (χ4v) is 2.47. The van der Waals surface area contributed by atoms with Gasteiger partial charge in [0.2, 0.25) is 0 Å². The maximum absolute atomic E-state index is 12.1. The molecule has 0 spiro atoms. The standard InChI is InChI=1S/C16H12ClN5O2/c1-22-12(6-18)8-20-14(16(22)24)19-7-10-4-9-5-11(17)2-3-13(9)21-15(10)23/h2-5,8H,7H2,1H3,(H,19,20)(H,21,23). The van der Waals surface area contributed by atoms with E-state index in [-0.39, 0.29) is 23.6 Å². The van der Waals surface area contributed by atoms with Crippen LogP contribution >= 0.6 is 11.6 Å². The molecule has 7 nitrogen and oxygen atoms in total. The third-order valence-electron chi connectivity index (χ3n) is 3.63. The topological polar surface area (TPSA) is 104 Å². The normalized spacial score (nSPS) is 10.5. The molecule has 0 bridgehead atoms. The lowest BCUT2D eigenvalue weighted by Gasteiger charge is -2.08. The minimum Gasteiger partial charge on any atom is -0.361 e. The van der Waals surface area contributed by atoms with Crippen LogP contribution in [0.5, 0.6) is 0 Å². The third kappa shape index (κ3) is 2.87. The summed E-state index contributed by atoms with van der Waals surface area (Å²) in [6.45, 7) is 0.117. The Bertz CT molecular complexity index is 1090. The number of hydrogen-bond acceptors (Lipinski definition) is 5. The van der Waals surface area contributed by atoms with E-state index in [1.165, 1.54) is 17.8 Å².